The largest absolute Gasteiger partial charge is 0.334 e. The number of carbonyl (C=O) groups excluding carboxylic acids is 1. The Bertz CT molecular complexity index is 691. The molecular weight excluding hydrogens is 314 g/mol. The van der Waals surface area contributed by atoms with E-state index in [1.807, 2.05) is 24.1 Å². The fourth-order valence-electron chi connectivity index (χ4n) is 3.32. The minimum Gasteiger partial charge on any atom is -0.334 e. The van der Waals surface area contributed by atoms with E-state index in [4.69, 9.17) is 0 Å². The Balaban J connectivity index is 1.62. The average molecular weight is 341 g/mol. The van der Waals surface area contributed by atoms with E-state index in [2.05, 4.69) is 34.9 Å². The third kappa shape index (κ3) is 4.07. The van der Waals surface area contributed by atoms with Gasteiger partial charge in [0.25, 0.3) is 5.91 Å². The van der Waals surface area contributed by atoms with Gasteiger partial charge >= 0.3 is 0 Å². The van der Waals surface area contributed by atoms with Gasteiger partial charge in [-0.3, -0.25) is 19.4 Å². The predicted octanol–water partition coefficient (Wildman–Crippen LogP) is 2.28. The zero-order valence-corrected chi connectivity index (χ0v) is 15.3. The van der Waals surface area contributed by atoms with Gasteiger partial charge in [0.2, 0.25) is 0 Å². The summed E-state index contributed by atoms with van der Waals surface area (Å²) in [5, 5.41) is 4.20. The van der Waals surface area contributed by atoms with Crippen molar-refractivity contribution in [1.82, 2.24) is 24.6 Å². The third-order valence-corrected chi connectivity index (χ3v) is 4.61. The van der Waals surface area contributed by atoms with Crippen LogP contribution in [-0.2, 0) is 13.1 Å². The van der Waals surface area contributed by atoms with Crippen LogP contribution >= 0.6 is 0 Å². The Hall–Kier alpha value is -2.21. The predicted molar refractivity (Wildman–Crippen MR) is 97.1 cm³/mol. The molecule has 0 atom stereocenters. The molecule has 3 heterocycles. The first-order valence-electron chi connectivity index (χ1n) is 9.02. The van der Waals surface area contributed by atoms with E-state index in [9.17, 15) is 4.79 Å². The van der Waals surface area contributed by atoms with Crippen molar-refractivity contribution in [2.45, 2.75) is 39.9 Å². The van der Waals surface area contributed by atoms with Crippen molar-refractivity contribution in [3.63, 3.8) is 0 Å². The van der Waals surface area contributed by atoms with Crippen LogP contribution in [0.1, 0.15) is 36.8 Å². The molecule has 6 heteroatoms. The van der Waals surface area contributed by atoms with Crippen LogP contribution in [0.15, 0.2) is 36.8 Å². The molecule has 2 aromatic rings. The smallest absolute Gasteiger partial charge is 0.272 e. The molecule has 1 amide bonds. The topological polar surface area (TPSA) is 54.3 Å². The fraction of sp³-hybridized carbons (Fsp3) is 0.526. The summed E-state index contributed by atoms with van der Waals surface area (Å²) < 4.78 is 1.76. The van der Waals surface area contributed by atoms with Gasteiger partial charge in [-0.05, 0) is 30.5 Å². The molecular formula is C19H27N5O. The standard InChI is InChI=1S/C19H27N5O/c1-4-24-18(7-9-21-24)19(25)23-13-17(14-23)22(11-15(2)3)12-16-6-5-8-20-10-16/h5-10,15,17H,4,11-14H2,1-3H3. The van der Waals surface area contributed by atoms with Gasteiger partial charge in [0, 0.05) is 57.4 Å². The molecule has 6 nitrogen and oxygen atoms in total. The first-order chi connectivity index (χ1) is 12.1. The lowest BCUT2D eigenvalue weighted by molar-refractivity contribution is 0.0188. The molecule has 1 fully saturated rings. The summed E-state index contributed by atoms with van der Waals surface area (Å²) in [5.74, 6) is 0.671. The van der Waals surface area contributed by atoms with Crippen molar-refractivity contribution < 1.29 is 4.79 Å². The highest BCUT2D eigenvalue weighted by molar-refractivity contribution is 5.93. The molecule has 0 saturated carbocycles. The molecule has 0 unspecified atom stereocenters. The molecule has 1 aliphatic rings. The number of hydrogen-bond donors (Lipinski definition) is 0. The van der Waals surface area contributed by atoms with Gasteiger partial charge in [0.05, 0.1) is 0 Å². The number of rotatable bonds is 7. The summed E-state index contributed by atoms with van der Waals surface area (Å²) in [6.45, 7) is 10.6. The summed E-state index contributed by atoms with van der Waals surface area (Å²) in [6, 6.07) is 6.30. The van der Waals surface area contributed by atoms with E-state index in [1.165, 1.54) is 5.56 Å². The van der Waals surface area contributed by atoms with Crippen molar-refractivity contribution in [2.24, 2.45) is 5.92 Å². The Kier molecular flexibility index (Phi) is 5.48. The molecule has 0 aliphatic carbocycles. The van der Waals surface area contributed by atoms with E-state index in [0.717, 1.165) is 26.2 Å². The molecule has 25 heavy (non-hydrogen) atoms. The minimum atomic E-state index is 0.0847. The van der Waals surface area contributed by atoms with Gasteiger partial charge in [0.1, 0.15) is 5.69 Å². The van der Waals surface area contributed by atoms with Gasteiger partial charge < -0.3 is 4.90 Å². The highest BCUT2D eigenvalue weighted by atomic mass is 16.2. The first-order valence-corrected chi connectivity index (χ1v) is 9.02. The number of carbonyl (C=O) groups is 1. The quantitative estimate of drug-likeness (QED) is 0.775. The molecule has 0 spiro atoms. The van der Waals surface area contributed by atoms with Gasteiger partial charge in [-0.25, -0.2) is 0 Å². The molecule has 0 N–H and O–H groups in total. The van der Waals surface area contributed by atoms with Crippen LogP contribution in [0.3, 0.4) is 0 Å². The number of aromatic nitrogens is 3. The summed E-state index contributed by atoms with van der Waals surface area (Å²) in [7, 11) is 0. The normalized spacial score (nSPS) is 15.0. The summed E-state index contributed by atoms with van der Waals surface area (Å²) in [6.07, 6.45) is 5.42. The number of aryl methyl sites for hydroxylation is 1. The maximum absolute atomic E-state index is 12.7. The second-order valence-electron chi connectivity index (χ2n) is 7.08. The molecule has 134 valence electrons. The zero-order valence-electron chi connectivity index (χ0n) is 15.3. The number of likely N-dealkylation sites (tertiary alicyclic amines) is 1. The SMILES string of the molecule is CCn1nccc1C(=O)N1CC(N(Cc2cccnc2)CC(C)C)C1. The molecule has 2 aromatic heterocycles. The molecule has 3 rings (SSSR count). The van der Waals surface area contributed by atoms with E-state index < -0.39 is 0 Å². The van der Waals surface area contributed by atoms with E-state index in [1.54, 1.807) is 23.1 Å². The van der Waals surface area contributed by atoms with E-state index >= 15 is 0 Å². The van der Waals surface area contributed by atoms with Crippen LogP contribution in [0.2, 0.25) is 0 Å². The summed E-state index contributed by atoms with van der Waals surface area (Å²) in [4.78, 5) is 21.3. The maximum Gasteiger partial charge on any atom is 0.272 e. The fourth-order valence-corrected chi connectivity index (χ4v) is 3.32. The minimum absolute atomic E-state index is 0.0847. The Morgan fingerprint density at radius 1 is 1.32 bits per heavy atom. The zero-order chi connectivity index (χ0) is 17.8. The van der Waals surface area contributed by atoms with Crippen LogP contribution in [0.5, 0.6) is 0 Å². The number of amides is 1. The van der Waals surface area contributed by atoms with E-state index in [0.29, 0.717) is 24.2 Å². The number of pyridine rings is 1. The van der Waals surface area contributed by atoms with Gasteiger partial charge in [-0.1, -0.05) is 19.9 Å². The molecule has 1 saturated heterocycles. The highest BCUT2D eigenvalue weighted by Gasteiger charge is 2.36. The van der Waals surface area contributed by atoms with Crippen molar-refractivity contribution in [3.05, 3.63) is 48.0 Å². The third-order valence-electron chi connectivity index (χ3n) is 4.61. The first kappa shape index (κ1) is 17.6. The lowest BCUT2D eigenvalue weighted by Crippen LogP contribution is -2.61. The van der Waals surface area contributed by atoms with Crippen molar-refractivity contribution in [3.8, 4) is 0 Å². The van der Waals surface area contributed by atoms with Crippen LogP contribution in [0, 0.1) is 5.92 Å². The molecule has 1 aliphatic heterocycles. The van der Waals surface area contributed by atoms with Gasteiger partial charge in [-0.15, -0.1) is 0 Å². The lowest BCUT2D eigenvalue weighted by atomic mass is 10.0. The second-order valence-corrected chi connectivity index (χ2v) is 7.08. The Morgan fingerprint density at radius 3 is 2.76 bits per heavy atom. The van der Waals surface area contributed by atoms with Crippen molar-refractivity contribution >= 4 is 5.91 Å². The van der Waals surface area contributed by atoms with Crippen molar-refractivity contribution in [2.75, 3.05) is 19.6 Å². The summed E-state index contributed by atoms with van der Waals surface area (Å²) >= 11 is 0. The number of hydrogen-bond acceptors (Lipinski definition) is 4. The van der Waals surface area contributed by atoms with Crippen LogP contribution < -0.4 is 0 Å². The van der Waals surface area contributed by atoms with Crippen LogP contribution in [0.25, 0.3) is 0 Å². The molecule has 0 bridgehead atoms. The van der Waals surface area contributed by atoms with Crippen LogP contribution in [0.4, 0.5) is 0 Å². The Morgan fingerprint density at radius 2 is 2.12 bits per heavy atom. The highest BCUT2D eigenvalue weighted by Crippen LogP contribution is 2.21. The Labute approximate surface area is 149 Å². The maximum atomic E-state index is 12.7. The van der Waals surface area contributed by atoms with E-state index in [-0.39, 0.29) is 5.91 Å². The van der Waals surface area contributed by atoms with Crippen LogP contribution in [-0.4, -0.2) is 56.1 Å². The van der Waals surface area contributed by atoms with Gasteiger partial charge in [0.15, 0.2) is 0 Å². The van der Waals surface area contributed by atoms with Crippen molar-refractivity contribution in [1.29, 1.82) is 0 Å². The second kappa shape index (κ2) is 7.78. The molecule has 0 radical (unpaired) electrons. The monoisotopic (exact) mass is 341 g/mol. The lowest BCUT2D eigenvalue weighted by Gasteiger charge is -2.46. The summed E-state index contributed by atoms with van der Waals surface area (Å²) in [5.41, 5.74) is 1.90. The molecule has 0 aromatic carbocycles. The number of nitrogens with zero attached hydrogens (tertiary/aromatic N) is 5. The average Bonchev–Trinajstić information content (AvgIpc) is 3.02. The van der Waals surface area contributed by atoms with Gasteiger partial charge in [-0.2, -0.15) is 5.10 Å².